The molecule has 0 bridgehead atoms. The monoisotopic (exact) mass is 325 g/mol. The summed E-state index contributed by atoms with van der Waals surface area (Å²) in [7, 11) is 0. The maximum atomic E-state index is 12.2. The van der Waals surface area contributed by atoms with Crippen LogP contribution in [0.25, 0.3) is 0 Å². The number of nitrogens with one attached hydrogen (secondary N) is 2. The van der Waals surface area contributed by atoms with Crippen LogP contribution in [-0.2, 0) is 9.53 Å². The number of carbonyl (C=O) groups is 1. The van der Waals surface area contributed by atoms with Crippen molar-refractivity contribution >= 4 is 5.91 Å². The first-order valence-electron chi connectivity index (χ1n) is 9.53. The molecule has 0 aromatic heterocycles. The third-order valence-corrected chi connectivity index (χ3v) is 5.56. The highest BCUT2D eigenvalue weighted by molar-refractivity contribution is 5.75. The maximum absolute atomic E-state index is 12.2. The summed E-state index contributed by atoms with van der Waals surface area (Å²) in [6, 6.07) is 0.450. The molecule has 0 spiro atoms. The molecule has 5 heteroatoms. The Morgan fingerprint density at radius 3 is 2.65 bits per heavy atom. The number of morpholine rings is 1. The number of hydrogen-bond acceptors (Lipinski definition) is 4. The number of nitrogens with zero attached hydrogens (tertiary/aromatic N) is 1. The van der Waals surface area contributed by atoms with E-state index >= 15 is 0 Å². The molecule has 2 aliphatic rings. The van der Waals surface area contributed by atoms with Gasteiger partial charge in [0.15, 0.2) is 0 Å². The van der Waals surface area contributed by atoms with Gasteiger partial charge in [0, 0.05) is 32.1 Å². The van der Waals surface area contributed by atoms with Gasteiger partial charge >= 0.3 is 0 Å². The van der Waals surface area contributed by atoms with Crippen LogP contribution in [0.5, 0.6) is 0 Å². The van der Waals surface area contributed by atoms with Crippen LogP contribution < -0.4 is 10.6 Å². The van der Waals surface area contributed by atoms with E-state index in [1.165, 1.54) is 19.3 Å². The quantitative estimate of drug-likeness (QED) is 0.676. The van der Waals surface area contributed by atoms with E-state index in [0.717, 1.165) is 52.4 Å². The summed E-state index contributed by atoms with van der Waals surface area (Å²) >= 11 is 0. The van der Waals surface area contributed by atoms with Crippen LogP contribution in [0.1, 0.15) is 46.0 Å². The van der Waals surface area contributed by atoms with Gasteiger partial charge in [-0.05, 0) is 37.8 Å². The van der Waals surface area contributed by atoms with E-state index in [1.807, 2.05) is 0 Å². The van der Waals surface area contributed by atoms with Crippen molar-refractivity contribution in [1.29, 1.82) is 0 Å². The van der Waals surface area contributed by atoms with Gasteiger partial charge in [0.2, 0.25) is 5.91 Å². The Labute approximate surface area is 141 Å². The fraction of sp³-hybridized carbons (Fsp3) is 0.944. The van der Waals surface area contributed by atoms with Crippen molar-refractivity contribution in [2.24, 2.45) is 11.8 Å². The van der Waals surface area contributed by atoms with E-state index in [0.29, 0.717) is 24.3 Å². The lowest BCUT2D eigenvalue weighted by Crippen LogP contribution is -2.52. The molecule has 134 valence electrons. The highest BCUT2D eigenvalue weighted by atomic mass is 16.5. The molecule has 2 unspecified atom stereocenters. The van der Waals surface area contributed by atoms with E-state index < -0.39 is 0 Å². The minimum absolute atomic E-state index is 0.223. The molecule has 23 heavy (non-hydrogen) atoms. The zero-order chi connectivity index (χ0) is 16.5. The van der Waals surface area contributed by atoms with Gasteiger partial charge in [-0.25, -0.2) is 0 Å². The van der Waals surface area contributed by atoms with Crippen molar-refractivity contribution in [3.05, 3.63) is 0 Å². The molecular weight excluding hydrogens is 290 g/mol. The Hall–Kier alpha value is -0.650. The zero-order valence-electron chi connectivity index (χ0n) is 15.0. The Morgan fingerprint density at radius 1 is 1.30 bits per heavy atom. The number of hydrogen-bond donors (Lipinski definition) is 2. The minimum Gasteiger partial charge on any atom is -0.379 e. The first kappa shape index (κ1) is 18.7. The van der Waals surface area contributed by atoms with Crippen molar-refractivity contribution in [2.75, 3.05) is 45.9 Å². The maximum Gasteiger partial charge on any atom is 0.220 e. The Balaban J connectivity index is 1.77. The molecule has 2 rings (SSSR count). The zero-order valence-corrected chi connectivity index (χ0v) is 15.0. The SMILES string of the molecule is CCC(CC)C(CNC(=O)CCC1CCNC1)N1CCOCC1. The van der Waals surface area contributed by atoms with E-state index in [1.54, 1.807) is 0 Å². The molecule has 2 aliphatic heterocycles. The standard InChI is InChI=1S/C18H35N3O2/c1-3-16(4-2)17(21-9-11-23-12-10-21)14-20-18(22)6-5-15-7-8-19-13-15/h15-17,19H,3-14H2,1-2H3,(H,20,22). The highest BCUT2D eigenvalue weighted by Gasteiger charge is 2.27. The number of ether oxygens (including phenoxy) is 1. The summed E-state index contributed by atoms with van der Waals surface area (Å²) in [5, 5.41) is 6.58. The molecule has 2 N–H and O–H groups in total. The number of carbonyl (C=O) groups excluding carboxylic acids is 1. The Kier molecular flexibility index (Phi) is 8.34. The minimum atomic E-state index is 0.223. The fourth-order valence-electron chi connectivity index (χ4n) is 3.94. The van der Waals surface area contributed by atoms with Gasteiger partial charge < -0.3 is 15.4 Å². The topological polar surface area (TPSA) is 53.6 Å². The molecule has 2 heterocycles. The van der Waals surface area contributed by atoms with Gasteiger partial charge in [0.25, 0.3) is 0 Å². The second-order valence-corrected chi connectivity index (χ2v) is 6.99. The van der Waals surface area contributed by atoms with E-state index in [9.17, 15) is 4.79 Å². The van der Waals surface area contributed by atoms with Crippen molar-refractivity contribution in [3.63, 3.8) is 0 Å². The molecule has 0 saturated carbocycles. The van der Waals surface area contributed by atoms with Gasteiger partial charge in [0.05, 0.1) is 13.2 Å². The third-order valence-electron chi connectivity index (χ3n) is 5.56. The van der Waals surface area contributed by atoms with Crippen molar-refractivity contribution in [1.82, 2.24) is 15.5 Å². The van der Waals surface area contributed by atoms with Crippen LogP contribution in [0.4, 0.5) is 0 Å². The van der Waals surface area contributed by atoms with Crippen LogP contribution in [-0.4, -0.2) is 62.8 Å². The lowest BCUT2D eigenvalue weighted by Gasteiger charge is -2.38. The van der Waals surface area contributed by atoms with Gasteiger partial charge in [-0.3, -0.25) is 9.69 Å². The molecule has 0 aromatic carbocycles. The average molecular weight is 325 g/mol. The number of rotatable bonds is 9. The molecule has 0 radical (unpaired) electrons. The smallest absolute Gasteiger partial charge is 0.220 e. The fourth-order valence-corrected chi connectivity index (χ4v) is 3.94. The largest absolute Gasteiger partial charge is 0.379 e. The summed E-state index contributed by atoms with van der Waals surface area (Å²) in [5.74, 6) is 1.56. The second-order valence-electron chi connectivity index (χ2n) is 6.99. The summed E-state index contributed by atoms with van der Waals surface area (Å²) in [6.45, 7) is 11.1. The first-order chi connectivity index (χ1) is 11.2. The normalized spacial score (nSPS) is 24.0. The van der Waals surface area contributed by atoms with Gasteiger partial charge in [-0.15, -0.1) is 0 Å². The summed E-state index contributed by atoms with van der Waals surface area (Å²) in [6.07, 6.45) is 5.25. The molecular formula is C18H35N3O2. The molecule has 2 fully saturated rings. The molecule has 2 saturated heterocycles. The molecule has 2 atom stereocenters. The van der Waals surface area contributed by atoms with Gasteiger partial charge in [-0.1, -0.05) is 26.7 Å². The third kappa shape index (κ3) is 6.05. The summed E-state index contributed by atoms with van der Waals surface area (Å²) < 4.78 is 5.48. The van der Waals surface area contributed by atoms with Crippen LogP contribution in [0.15, 0.2) is 0 Å². The summed E-state index contributed by atoms with van der Waals surface area (Å²) in [4.78, 5) is 14.7. The summed E-state index contributed by atoms with van der Waals surface area (Å²) in [5.41, 5.74) is 0. The van der Waals surface area contributed by atoms with Crippen LogP contribution in [0, 0.1) is 11.8 Å². The Bertz CT molecular complexity index is 335. The lowest BCUT2D eigenvalue weighted by atomic mass is 9.92. The van der Waals surface area contributed by atoms with E-state index in [-0.39, 0.29) is 5.91 Å². The van der Waals surface area contributed by atoms with E-state index in [2.05, 4.69) is 29.4 Å². The predicted molar refractivity (Wildman–Crippen MR) is 93.5 cm³/mol. The molecule has 0 aliphatic carbocycles. The van der Waals surface area contributed by atoms with Crippen LogP contribution in [0.2, 0.25) is 0 Å². The van der Waals surface area contributed by atoms with Crippen molar-refractivity contribution in [2.45, 2.75) is 52.0 Å². The highest BCUT2D eigenvalue weighted by Crippen LogP contribution is 2.20. The molecule has 0 aromatic rings. The molecule has 5 nitrogen and oxygen atoms in total. The van der Waals surface area contributed by atoms with Gasteiger partial charge in [0.1, 0.15) is 0 Å². The number of amides is 1. The first-order valence-corrected chi connectivity index (χ1v) is 9.53. The van der Waals surface area contributed by atoms with Gasteiger partial charge in [-0.2, -0.15) is 0 Å². The van der Waals surface area contributed by atoms with Crippen LogP contribution in [0.3, 0.4) is 0 Å². The second kappa shape index (κ2) is 10.3. The Morgan fingerprint density at radius 2 is 2.04 bits per heavy atom. The van der Waals surface area contributed by atoms with E-state index in [4.69, 9.17) is 4.74 Å². The van der Waals surface area contributed by atoms with Crippen molar-refractivity contribution < 1.29 is 9.53 Å². The lowest BCUT2D eigenvalue weighted by molar-refractivity contribution is -0.121. The predicted octanol–water partition coefficient (Wildman–Crippen LogP) is 1.63. The average Bonchev–Trinajstić information content (AvgIpc) is 3.11. The van der Waals surface area contributed by atoms with Crippen LogP contribution >= 0.6 is 0 Å². The molecule has 1 amide bonds. The van der Waals surface area contributed by atoms with Crippen molar-refractivity contribution in [3.8, 4) is 0 Å².